The minimum atomic E-state index is -0.392. The summed E-state index contributed by atoms with van der Waals surface area (Å²) in [5.74, 6) is -0.000732. The van der Waals surface area contributed by atoms with E-state index in [9.17, 15) is 9.59 Å². The van der Waals surface area contributed by atoms with Crippen LogP contribution >= 0.6 is 0 Å². The Bertz CT molecular complexity index is 408. The van der Waals surface area contributed by atoms with Gasteiger partial charge in [-0.25, -0.2) is 0 Å². The number of Topliss-reactive ketones (excluding diaryl/α,β-unsaturated/α-hetero) is 2. The van der Waals surface area contributed by atoms with Crippen LogP contribution in [-0.2, 0) is 4.79 Å². The molecule has 2 nitrogen and oxygen atoms in total. The summed E-state index contributed by atoms with van der Waals surface area (Å²) >= 11 is 0. The van der Waals surface area contributed by atoms with Crippen LogP contribution in [-0.4, -0.2) is 11.6 Å². The summed E-state index contributed by atoms with van der Waals surface area (Å²) in [7, 11) is 0. The Morgan fingerprint density at radius 3 is 2.65 bits per heavy atom. The van der Waals surface area contributed by atoms with Crippen molar-refractivity contribution < 1.29 is 9.59 Å². The van der Waals surface area contributed by atoms with Crippen molar-refractivity contribution in [2.45, 2.75) is 32.6 Å². The van der Waals surface area contributed by atoms with Gasteiger partial charge in [0.25, 0.3) is 0 Å². The number of hydrogen-bond donors (Lipinski definition) is 0. The van der Waals surface area contributed by atoms with Crippen LogP contribution < -0.4 is 0 Å². The molecule has 0 N–H and O–H groups in total. The van der Waals surface area contributed by atoms with Crippen LogP contribution in [0.15, 0.2) is 30.3 Å². The highest BCUT2D eigenvalue weighted by molar-refractivity contribution is 6.11. The minimum Gasteiger partial charge on any atom is -0.299 e. The Labute approximate surface area is 102 Å². The molecule has 2 rings (SSSR count). The van der Waals surface area contributed by atoms with Crippen LogP contribution in [0.3, 0.4) is 0 Å². The third-order valence-electron chi connectivity index (χ3n) is 3.68. The number of carbonyl (C=O) groups excluding carboxylic acids is 2. The van der Waals surface area contributed by atoms with E-state index < -0.39 is 5.92 Å². The maximum Gasteiger partial charge on any atom is 0.173 e. The number of ketones is 2. The second-order valence-electron chi connectivity index (χ2n) is 4.73. The largest absolute Gasteiger partial charge is 0.299 e. The van der Waals surface area contributed by atoms with E-state index in [4.69, 9.17) is 0 Å². The Balaban J connectivity index is 2.24. The first kappa shape index (κ1) is 12.0. The molecule has 0 radical (unpaired) electrons. The van der Waals surface area contributed by atoms with Crippen LogP contribution in [0.25, 0.3) is 0 Å². The first-order chi connectivity index (χ1) is 8.24. The maximum atomic E-state index is 12.4. The van der Waals surface area contributed by atoms with Crippen molar-refractivity contribution in [2.24, 2.45) is 11.8 Å². The molecular weight excluding hydrogens is 212 g/mol. The minimum absolute atomic E-state index is 0.0159. The molecule has 2 heteroatoms. The van der Waals surface area contributed by atoms with Gasteiger partial charge in [0.1, 0.15) is 5.78 Å². The van der Waals surface area contributed by atoms with E-state index in [1.165, 1.54) is 0 Å². The molecule has 0 heterocycles. The summed E-state index contributed by atoms with van der Waals surface area (Å²) in [5, 5.41) is 0. The third-order valence-corrected chi connectivity index (χ3v) is 3.68. The van der Waals surface area contributed by atoms with Gasteiger partial charge in [-0.2, -0.15) is 0 Å². The van der Waals surface area contributed by atoms with Gasteiger partial charge in [0.15, 0.2) is 5.78 Å². The van der Waals surface area contributed by atoms with Gasteiger partial charge in [-0.1, -0.05) is 43.7 Å². The summed E-state index contributed by atoms with van der Waals surface area (Å²) in [4.78, 5) is 24.3. The average molecular weight is 230 g/mol. The summed E-state index contributed by atoms with van der Waals surface area (Å²) in [6.45, 7) is 2.06. The number of benzene rings is 1. The van der Waals surface area contributed by atoms with Crippen molar-refractivity contribution in [1.82, 2.24) is 0 Å². The molecule has 0 amide bonds. The van der Waals surface area contributed by atoms with Crippen LogP contribution in [0, 0.1) is 11.8 Å². The third kappa shape index (κ3) is 2.46. The lowest BCUT2D eigenvalue weighted by atomic mass is 9.73. The molecule has 0 aliphatic heterocycles. The Morgan fingerprint density at radius 2 is 2.00 bits per heavy atom. The molecule has 1 aromatic carbocycles. The van der Waals surface area contributed by atoms with Gasteiger partial charge in [0, 0.05) is 12.0 Å². The molecule has 0 saturated heterocycles. The van der Waals surface area contributed by atoms with Gasteiger partial charge in [-0.15, -0.1) is 0 Å². The van der Waals surface area contributed by atoms with E-state index >= 15 is 0 Å². The van der Waals surface area contributed by atoms with Gasteiger partial charge < -0.3 is 0 Å². The number of hydrogen-bond acceptors (Lipinski definition) is 2. The summed E-state index contributed by atoms with van der Waals surface area (Å²) in [6.07, 6.45) is 3.43. The number of rotatable bonds is 3. The first-order valence-corrected chi connectivity index (χ1v) is 6.36. The lowest BCUT2D eigenvalue weighted by molar-refractivity contribution is -0.124. The van der Waals surface area contributed by atoms with Gasteiger partial charge in [-0.05, 0) is 18.8 Å². The quantitative estimate of drug-likeness (QED) is 0.590. The lowest BCUT2D eigenvalue weighted by Gasteiger charge is -2.28. The fraction of sp³-hybridized carbons (Fsp3) is 0.467. The molecule has 1 fully saturated rings. The first-order valence-electron chi connectivity index (χ1n) is 6.36. The van der Waals surface area contributed by atoms with Gasteiger partial charge in [-0.3, -0.25) is 9.59 Å². The Morgan fingerprint density at radius 1 is 1.29 bits per heavy atom. The van der Waals surface area contributed by atoms with E-state index in [1.807, 2.05) is 18.2 Å². The number of carbonyl (C=O) groups is 2. The summed E-state index contributed by atoms with van der Waals surface area (Å²) < 4.78 is 0. The normalized spacial score (nSPS) is 24.6. The zero-order valence-corrected chi connectivity index (χ0v) is 10.2. The topological polar surface area (TPSA) is 34.1 Å². The standard InChI is InChI=1S/C15H18O2/c1-2-11-9-6-10-13(16)14(11)15(17)12-7-4-3-5-8-12/h3-5,7-8,11,14H,2,6,9-10H2,1H3/t11-,14+/m1/s1. The zero-order valence-electron chi connectivity index (χ0n) is 10.2. The molecule has 1 aromatic rings. The van der Waals surface area contributed by atoms with Crippen molar-refractivity contribution in [2.75, 3.05) is 0 Å². The van der Waals surface area contributed by atoms with Crippen molar-refractivity contribution in [3.8, 4) is 0 Å². The van der Waals surface area contributed by atoms with Gasteiger partial charge in [0.05, 0.1) is 5.92 Å². The van der Waals surface area contributed by atoms with E-state index in [0.29, 0.717) is 12.0 Å². The fourth-order valence-corrected chi connectivity index (χ4v) is 2.71. The van der Waals surface area contributed by atoms with Crippen LogP contribution in [0.2, 0.25) is 0 Å². The average Bonchev–Trinajstić information content (AvgIpc) is 2.38. The zero-order chi connectivity index (χ0) is 12.3. The highest BCUT2D eigenvalue weighted by Gasteiger charge is 2.36. The predicted molar refractivity (Wildman–Crippen MR) is 66.9 cm³/mol. The van der Waals surface area contributed by atoms with Gasteiger partial charge in [0.2, 0.25) is 0 Å². The van der Waals surface area contributed by atoms with Crippen LogP contribution in [0.5, 0.6) is 0 Å². The molecule has 0 unspecified atom stereocenters. The molecule has 90 valence electrons. The summed E-state index contributed by atoms with van der Waals surface area (Å²) in [5.41, 5.74) is 0.672. The molecule has 0 spiro atoms. The van der Waals surface area contributed by atoms with E-state index in [0.717, 1.165) is 19.3 Å². The van der Waals surface area contributed by atoms with Crippen LogP contribution in [0.4, 0.5) is 0 Å². The van der Waals surface area contributed by atoms with E-state index in [1.54, 1.807) is 12.1 Å². The van der Waals surface area contributed by atoms with Crippen LogP contribution in [0.1, 0.15) is 43.0 Å². The summed E-state index contributed by atoms with van der Waals surface area (Å²) in [6, 6.07) is 9.19. The van der Waals surface area contributed by atoms with E-state index in [2.05, 4.69) is 6.92 Å². The van der Waals surface area contributed by atoms with Crippen molar-refractivity contribution in [1.29, 1.82) is 0 Å². The maximum absolute atomic E-state index is 12.4. The van der Waals surface area contributed by atoms with E-state index in [-0.39, 0.29) is 17.5 Å². The Hall–Kier alpha value is -1.44. The lowest BCUT2D eigenvalue weighted by Crippen LogP contribution is -2.34. The Kier molecular flexibility index (Phi) is 3.72. The molecule has 1 aliphatic rings. The predicted octanol–water partition coefficient (Wildman–Crippen LogP) is 3.26. The molecule has 0 bridgehead atoms. The van der Waals surface area contributed by atoms with Crippen molar-refractivity contribution in [3.05, 3.63) is 35.9 Å². The van der Waals surface area contributed by atoms with Crippen molar-refractivity contribution >= 4 is 11.6 Å². The molecule has 1 saturated carbocycles. The fourth-order valence-electron chi connectivity index (χ4n) is 2.71. The highest BCUT2D eigenvalue weighted by atomic mass is 16.2. The molecular formula is C15H18O2. The SMILES string of the molecule is CC[C@@H]1CCCC(=O)[C@H]1C(=O)c1ccccc1. The molecule has 17 heavy (non-hydrogen) atoms. The smallest absolute Gasteiger partial charge is 0.173 e. The second-order valence-corrected chi connectivity index (χ2v) is 4.73. The molecule has 1 aliphatic carbocycles. The monoisotopic (exact) mass is 230 g/mol. The van der Waals surface area contributed by atoms with Gasteiger partial charge >= 0.3 is 0 Å². The highest BCUT2D eigenvalue weighted by Crippen LogP contribution is 2.32. The molecule has 2 atom stereocenters. The molecule has 0 aromatic heterocycles. The second kappa shape index (κ2) is 5.26. The van der Waals surface area contributed by atoms with Crippen molar-refractivity contribution in [3.63, 3.8) is 0 Å².